The van der Waals surface area contributed by atoms with E-state index in [9.17, 15) is 5.11 Å². The zero-order valence-corrected chi connectivity index (χ0v) is 13.3. The Morgan fingerprint density at radius 2 is 1.70 bits per heavy atom. The van der Waals surface area contributed by atoms with Crippen molar-refractivity contribution in [3.8, 4) is 0 Å². The third-order valence-corrected chi connectivity index (χ3v) is 4.31. The zero-order valence-electron chi connectivity index (χ0n) is 12.5. The van der Waals surface area contributed by atoms with Gasteiger partial charge in [0.25, 0.3) is 0 Å². The zero-order chi connectivity index (χ0) is 14.7. The van der Waals surface area contributed by atoms with Crippen molar-refractivity contribution in [1.82, 2.24) is 9.59 Å². The lowest BCUT2D eigenvalue weighted by atomic mass is 9.98. The van der Waals surface area contributed by atoms with Crippen LogP contribution in [0, 0.1) is 0 Å². The van der Waals surface area contributed by atoms with Crippen LogP contribution in [-0.2, 0) is 6.42 Å². The third-order valence-electron chi connectivity index (χ3n) is 3.47. The summed E-state index contributed by atoms with van der Waals surface area (Å²) in [5.41, 5.74) is 3.39. The summed E-state index contributed by atoms with van der Waals surface area (Å²) in [5, 5.41) is 14.5. The van der Waals surface area contributed by atoms with Gasteiger partial charge in [-0.25, -0.2) is 0 Å². The lowest BCUT2D eigenvalue weighted by Crippen LogP contribution is -2.04. The minimum Gasteiger partial charge on any atom is -0.387 e. The van der Waals surface area contributed by atoms with Gasteiger partial charge in [-0.3, -0.25) is 0 Å². The highest BCUT2D eigenvalue weighted by Gasteiger charge is 2.19. The molecular formula is C16H22N2OS. The van der Waals surface area contributed by atoms with Gasteiger partial charge in [0.05, 0.1) is 16.7 Å². The summed E-state index contributed by atoms with van der Waals surface area (Å²) in [6.07, 6.45) is 0.0967. The van der Waals surface area contributed by atoms with E-state index in [1.807, 2.05) is 0 Å². The van der Waals surface area contributed by atoms with Gasteiger partial charge >= 0.3 is 0 Å². The summed E-state index contributed by atoms with van der Waals surface area (Å²) < 4.78 is 3.98. The van der Waals surface area contributed by atoms with Gasteiger partial charge in [0, 0.05) is 6.42 Å². The van der Waals surface area contributed by atoms with Crippen LogP contribution in [0.15, 0.2) is 24.3 Å². The maximum atomic E-state index is 10.4. The number of benzene rings is 1. The summed E-state index contributed by atoms with van der Waals surface area (Å²) in [5.74, 6) is 0.828. The number of rotatable bonds is 5. The molecule has 0 aliphatic heterocycles. The van der Waals surface area contributed by atoms with Crippen LogP contribution in [0.3, 0.4) is 0 Å². The fraction of sp³-hybridized carbons (Fsp3) is 0.500. The van der Waals surface area contributed by atoms with Crippen LogP contribution in [0.5, 0.6) is 0 Å². The van der Waals surface area contributed by atoms with E-state index in [1.165, 1.54) is 17.1 Å². The monoisotopic (exact) mass is 290 g/mol. The van der Waals surface area contributed by atoms with Crippen molar-refractivity contribution < 1.29 is 5.11 Å². The molecule has 0 saturated heterocycles. The van der Waals surface area contributed by atoms with Crippen molar-refractivity contribution in [2.45, 2.75) is 52.1 Å². The molecule has 0 aliphatic carbocycles. The Morgan fingerprint density at radius 3 is 2.25 bits per heavy atom. The Labute approximate surface area is 124 Å². The highest BCUT2D eigenvalue weighted by molar-refractivity contribution is 7.05. The molecule has 1 aromatic carbocycles. The molecule has 2 rings (SSSR count). The molecule has 1 unspecified atom stereocenters. The van der Waals surface area contributed by atoms with Crippen molar-refractivity contribution in [1.29, 1.82) is 0 Å². The van der Waals surface area contributed by atoms with Crippen LogP contribution < -0.4 is 0 Å². The van der Waals surface area contributed by atoms with E-state index in [0.29, 0.717) is 18.3 Å². The van der Waals surface area contributed by atoms with Gasteiger partial charge in [-0.05, 0) is 34.5 Å². The van der Waals surface area contributed by atoms with E-state index in [2.05, 4.69) is 61.5 Å². The van der Waals surface area contributed by atoms with Crippen molar-refractivity contribution in [3.63, 3.8) is 0 Å². The minimum atomic E-state index is -0.516. The molecule has 3 nitrogen and oxygen atoms in total. The van der Waals surface area contributed by atoms with Crippen LogP contribution >= 0.6 is 11.5 Å². The topological polar surface area (TPSA) is 46.0 Å². The van der Waals surface area contributed by atoms with Gasteiger partial charge in [-0.1, -0.05) is 56.4 Å². The van der Waals surface area contributed by atoms with Crippen LogP contribution in [0.1, 0.15) is 67.3 Å². The van der Waals surface area contributed by atoms with Crippen LogP contribution in [0.25, 0.3) is 0 Å². The summed E-state index contributed by atoms with van der Waals surface area (Å²) >= 11 is 1.30. The molecular weight excluding hydrogens is 268 g/mol. The summed E-state index contributed by atoms with van der Waals surface area (Å²) in [6, 6.07) is 8.48. The molecule has 0 fully saturated rings. The van der Waals surface area contributed by atoms with Crippen molar-refractivity contribution in [2.24, 2.45) is 0 Å². The number of hydrogen-bond acceptors (Lipinski definition) is 4. The predicted octanol–water partition coefficient (Wildman–Crippen LogP) is 4.06. The van der Waals surface area contributed by atoms with Gasteiger partial charge in [0.15, 0.2) is 0 Å². The first kappa shape index (κ1) is 15.1. The molecule has 108 valence electrons. The molecule has 1 N–H and O–H groups in total. The van der Waals surface area contributed by atoms with Crippen molar-refractivity contribution in [2.75, 3.05) is 0 Å². The molecule has 0 bridgehead atoms. The Balaban J connectivity index is 2.11. The van der Waals surface area contributed by atoms with E-state index < -0.39 is 6.10 Å². The Morgan fingerprint density at radius 1 is 1.05 bits per heavy atom. The van der Waals surface area contributed by atoms with E-state index in [1.54, 1.807) is 0 Å². The molecule has 4 heteroatoms. The largest absolute Gasteiger partial charge is 0.387 e. The predicted molar refractivity (Wildman–Crippen MR) is 83.2 cm³/mol. The van der Waals surface area contributed by atoms with Crippen molar-refractivity contribution >= 4 is 11.5 Å². The van der Waals surface area contributed by atoms with Crippen LogP contribution in [-0.4, -0.2) is 14.7 Å². The molecule has 2 aromatic rings. The van der Waals surface area contributed by atoms with E-state index in [0.717, 1.165) is 16.1 Å². The Bertz CT molecular complexity index is 546. The molecule has 0 saturated carbocycles. The fourth-order valence-electron chi connectivity index (χ4n) is 2.19. The number of hydrogen-bond donors (Lipinski definition) is 1. The molecule has 0 amide bonds. The second-order valence-electron chi connectivity index (χ2n) is 5.79. The number of aliphatic hydroxyl groups excluding tert-OH is 1. The fourth-order valence-corrected chi connectivity index (χ4v) is 2.98. The highest BCUT2D eigenvalue weighted by atomic mass is 32.1. The first-order valence-electron chi connectivity index (χ1n) is 7.08. The van der Waals surface area contributed by atoms with E-state index >= 15 is 0 Å². The first-order valence-corrected chi connectivity index (χ1v) is 7.85. The van der Waals surface area contributed by atoms with E-state index in [-0.39, 0.29) is 0 Å². The van der Waals surface area contributed by atoms with Crippen LogP contribution in [0.2, 0.25) is 0 Å². The maximum absolute atomic E-state index is 10.4. The summed E-state index contributed by atoms with van der Waals surface area (Å²) in [7, 11) is 0. The Hall–Kier alpha value is -1.26. The molecule has 1 heterocycles. The van der Waals surface area contributed by atoms with Gasteiger partial charge in [-0.15, -0.1) is 5.10 Å². The molecule has 20 heavy (non-hydrogen) atoms. The van der Waals surface area contributed by atoms with Gasteiger partial charge < -0.3 is 5.11 Å². The smallest absolute Gasteiger partial charge is 0.0957 e. The van der Waals surface area contributed by atoms with Gasteiger partial charge in [0.1, 0.15) is 0 Å². The normalized spacial score (nSPS) is 13.2. The number of aromatic nitrogens is 2. The standard InChI is InChI=1S/C16H22N2OS/c1-10(2)13-7-5-12(6-8-13)9-14(19)16-15(11(3)4)17-18-20-16/h5-8,10-11,14,19H,9H2,1-4H3. The second kappa shape index (κ2) is 6.46. The average molecular weight is 290 g/mol. The van der Waals surface area contributed by atoms with Gasteiger partial charge in [-0.2, -0.15) is 0 Å². The molecule has 1 atom stereocenters. The quantitative estimate of drug-likeness (QED) is 0.903. The van der Waals surface area contributed by atoms with Crippen molar-refractivity contribution in [3.05, 3.63) is 46.0 Å². The first-order chi connectivity index (χ1) is 9.49. The SMILES string of the molecule is CC(C)c1ccc(CC(O)c2snnc2C(C)C)cc1. The second-order valence-corrected chi connectivity index (χ2v) is 6.58. The Kier molecular flexibility index (Phi) is 4.89. The highest BCUT2D eigenvalue weighted by Crippen LogP contribution is 2.28. The molecule has 0 spiro atoms. The summed E-state index contributed by atoms with van der Waals surface area (Å²) in [6.45, 7) is 8.51. The minimum absolute atomic E-state index is 0.293. The summed E-state index contributed by atoms with van der Waals surface area (Å²) in [4.78, 5) is 0.896. The number of aliphatic hydroxyl groups is 1. The number of nitrogens with zero attached hydrogens (tertiary/aromatic N) is 2. The van der Waals surface area contributed by atoms with E-state index in [4.69, 9.17) is 0 Å². The molecule has 0 radical (unpaired) electrons. The lowest BCUT2D eigenvalue weighted by molar-refractivity contribution is 0.180. The average Bonchev–Trinajstić information content (AvgIpc) is 2.88. The maximum Gasteiger partial charge on any atom is 0.0957 e. The van der Waals surface area contributed by atoms with Crippen LogP contribution in [0.4, 0.5) is 0 Å². The molecule has 0 aliphatic rings. The lowest BCUT2D eigenvalue weighted by Gasteiger charge is -2.12. The van der Waals surface area contributed by atoms with Gasteiger partial charge in [0.2, 0.25) is 0 Å². The third kappa shape index (κ3) is 3.44. The molecule has 1 aromatic heterocycles.